The molecule has 3 atom stereocenters. The first-order chi connectivity index (χ1) is 23.0. The first-order valence-corrected chi connectivity index (χ1v) is 18.7. The normalized spacial score (nSPS) is 20.9. The summed E-state index contributed by atoms with van der Waals surface area (Å²) in [5.74, 6) is 0. The largest absolute Gasteiger partial charge is 0.213 e. The number of aryl methyl sites for hydroxylation is 1. The summed E-state index contributed by atoms with van der Waals surface area (Å²) in [6.07, 6.45) is 12.7. The molecular weight excluding hydrogens is 589 g/mol. The summed E-state index contributed by atoms with van der Waals surface area (Å²) in [5.41, 5.74) is 12.6. The molecule has 0 fully saturated rings. The van der Waals surface area contributed by atoms with E-state index in [4.69, 9.17) is 0 Å². The van der Waals surface area contributed by atoms with Crippen LogP contribution in [0.1, 0.15) is 89.0 Å². The number of benzene rings is 3. The van der Waals surface area contributed by atoms with Crippen molar-refractivity contribution < 1.29 is 9.13 Å². The van der Waals surface area contributed by atoms with Gasteiger partial charge in [-0.1, -0.05) is 69.7 Å². The molecule has 0 N–H and O–H groups in total. The Morgan fingerprint density at radius 1 is 0.745 bits per heavy atom. The highest BCUT2D eigenvalue weighted by atomic mass is 32.1. The standard InChI is InChI=1S/C44H46N2S/c1-5-8-15-31-20-23-38-36(28-31)41-18-12-14-27-46(41)44(7-3,43(38,4)6-2)25-24-40-33-22-21-32(29-35(33)39-17-11-13-26-45(39)40)37-30-47-42-19-10-9-16-34(37)42/h9-14,16-23,26-30,40H,5-8,15,24-25H2,1-4H3/q+2. The molecule has 8 rings (SSSR count). The second-order valence-electron chi connectivity index (χ2n) is 14.0. The molecule has 47 heavy (non-hydrogen) atoms. The van der Waals surface area contributed by atoms with Gasteiger partial charge >= 0.3 is 0 Å². The van der Waals surface area contributed by atoms with Gasteiger partial charge in [0.05, 0.1) is 16.5 Å². The van der Waals surface area contributed by atoms with Gasteiger partial charge < -0.3 is 0 Å². The summed E-state index contributed by atoms with van der Waals surface area (Å²) in [4.78, 5) is 0. The first-order valence-electron chi connectivity index (χ1n) is 17.8. The fourth-order valence-corrected chi connectivity index (χ4v) is 10.2. The number of rotatable bonds is 9. The van der Waals surface area contributed by atoms with Crippen LogP contribution < -0.4 is 9.13 Å². The van der Waals surface area contributed by atoms with Gasteiger partial charge in [-0.2, -0.15) is 9.13 Å². The van der Waals surface area contributed by atoms with E-state index >= 15 is 0 Å². The van der Waals surface area contributed by atoms with Crippen LogP contribution in [0.3, 0.4) is 0 Å². The van der Waals surface area contributed by atoms with Crippen LogP contribution >= 0.6 is 11.3 Å². The van der Waals surface area contributed by atoms with Crippen LogP contribution in [0.4, 0.5) is 0 Å². The maximum atomic E-state index is 2.69. The van der Waals surface area contributed by atoms with Crippen LogP contribution in [0, 0.1) is 0 Å². The van der Waals surface area contributed by atoms with Gasteiger partial charge in [-0.05, 0) is 78.6 Å². The molecule has 2 nitrogen and oxygen atoms in total. The summed E-state index contributed by atoms with van der Waals surface area (Å²) in [6, 6.07) is 37.4. The monoisotopic (exact) mass is 634 g/mol. The molecule has 3 aromatic carbocycles. The van der Waals surface area contributed by atoms with Crippen molar-refractivity contribution in [1.29, 1.82) is 0 Å². The molecule has 0 saturated heterocycles. The minimum absolute atomic E-state index is 0.00880. The molecule has 0 bridgehead atoms. The lowest BCUT2D eigenvalue weighted by atomic mass is 9.58. The average molecular weight is 635 g/mol. The number of hydrogen-bond acceptors (Lipinski definition) is 1. The van der Waals surface area contributed by atoms with Crippen LogP contribution in [0.15, 0.2) is 115 Å². The topological polar surface area (TPSA) is 7.76 Å². The fraction of sp³-hybridized carbons (Fsp3) is 0.318. The van der Waals surface area contributed by atoms with E-state index in [0.29, 0.717) is 6.04 Å². The number of hydrogen-bond donors (Lipinski definition) is 0. The molecule has 0 saturated carbocycles. The Morgan fingerprint density at radius 3 is 2.38 bits per heavy atom. The zero-order valence-corrected chi connectivity index (χ0v) is 29.1. The molecule has 3 heteroatoms. The number of nitrogens with zero attached hydrogens (tertiary/aromatic N) is 2. The van der Waals surface area contributed by atoms with E-state index in [9.17, 15) is 0 Å². The number of fused-ring (bicyclic) bond motifs is 7. The minimum atomic E-state index is -0.0376. The van der Waals surface area contributed by atoms with Crippen molar-refractivity contribution in [3.8, 4) is 33.6 Å². The SMILES string of the molecule is CCCCc1ccc2c(c1)-c1cccc[n+]1C(CC)(CCC1c3ccc(-c4csc5ccccc45)cc3-c3cccc[n+]31)C2(C)CC. The van der Waals surface area contributed by atoms with E-state index in [1.165, 1.54) is 73.3 Å². The molecule has 2 aliphatic heterocycles. The Morgan fingerprint density at radius 2 is 1.55 bits per heavy atom. The Bertz CT molecular complexity index is 2110. The van der Waals surface area contributed by atoms with Crippen LogP contribution in [0.5, 0.6) is 0 Å². The molecule has 2 aliphatic rings. The summed E-state index contributed by atoms with van der Waals surface area (Å²) in [7, 11) is 0. The number of thiophene rings is 1. The Kier molecular flexibility index (Phi) is 7.64. The smallest absolute Gasteiger partial charge is 0.192 e. The van der Waals surface area contributed by atoms with Crippen LogP contribution in [-0.2, 0) is 17.4 Å². The second-order valence-corrected chi connectivity index (χ2v) is 14.9. The third kappa shape index (κ3) is 4.57. The lowest BCUT2D eigenvalue weighted by molar-refractivity contribution is -0.772. The quantitative estimate of drug-likeness (QED) is 0.140. The van der Waals surface area contributed by atoms with Gasteiger partial charge in [-0.15, -0.1) is 11.3 Å². The van der Waals surface area contributed by atoms with Crippen LogP contribution in [0.2, 0.25) is 0 Å². The van der Waals surface area contributed by atoms with E-state index in [1.807, 2.05) is 11.3 Å². The van der Waals surface area contributed by atoms with Crippen molar-refractivity contribution in [2.75, 3.05) is 0 Å². The molecule has 5 heterocycles. The number of aromatic nitrogens is 2. The highest BCUT2D eigenvalue weighted by molar-refractivity contribution is 7.17. The highest BCUT2D eigenvalue weighted by Gasteiger charge is 2.59. The van der Waals surface area contributed by atoms with Gasteiger partial charge in [-0.25, -0.2) is 0 Å². The number of pyridine rings is 2. The van der Waals surface area contributed by atoms with Gasteiger partial charge in [0.1, 0.15) is 0 Å². The summed E-state index contributed by atoms with van der Waals surface area (Å²) < 4.78 is 6.60. The summed E-state index contributed by atoms with van der Waals surface area (Å²) in [6.45, 7) is 9.69. The Hall–Kier alpha value is -4.08. The lowest BCUT2D eigenvalue weighted by Gasteiger charge is -2.48. The van der Waals surface area contributed by atoms with Gasteiger partial charge in [-0.3, -0.25) is 0 Å². The average Bonchev–Trinajstić information content (AvgIpc) is 3.70. The molecule has 6 aromatic rings. The second kappa shape index (κ2) is 11.9. The highest BCUT2D eigenvalue weighted by Crippen LogP contribution is 2.53. The molecule has 0 spiro atoms. The predicted octanol–water partition coefficient (Wildman–Crippen LogP) is 11.0. The van der Waals surface area contributed by atoms with Crippen molar-refractivity contribution in [2.24, 2.45) is 0 Å². The van der Waals surface area contributed by atoms with Gasteiger partial charge in [0.2, 0.25) is 11.4 Å². The van der Waals surface area contributed by atoms with Crippen LogP contribution in [-0.4, -0.2) is 0 Å². The van der Waals surface area contributed by atoms with E-state index in [0.717, 1.165) is 32.1 Å². The number of unbranched alkanes of at least 4 members (excludes halogenated alkanes) is 1. The molecular formula is C44H46N2S+2. The third-order valence-electron chi connectivity index (χ3n) is 12.0. The van der Waals surface area contributed by atoms with Crippen molar-refractivity contribution in [1.82, 2.24) is 0 Å². The van der Waals surface area contributed by atoms with E-state index in [2.05, 4.69) is 152 Å². The van der Waals surface area contributed by atoms with E-state index < -0.39 is 0 Å². The van der Waals surface area contributed by atoms with Gasteiger partial charge in [0, 0.05) is 64.7 Å². The minimum Gasteiger partial charge on any atom is -0.192 e. The van der Waals surface area contributed by atoms with Crippen molar-refractivity contribution in [3.05, 3.63) is 132 Å². The van der Waals surface area contributed by atoms with E-state index in [-0.39, 0.29) is 11.0 Å². The molecule has 3 unspecified atom stereocenters. The molecule has 0 amide bonds. The van der Waals surface area contributed by atoms with E-state index in [1.54, 1.807) is 0 Å². The van der Waals surface area contributed by atoms with Crippen LogP contribution in [0.25, 0.3) is 43.7 Å². The Labute approximate surface area is 284 Å². The van der Waals surface area contributed by atoms with Gasteiger partial charge in [0.15, 0.2) is 24.0 Å². The van der Waals surface area contributed by atoms with Crippen molar-refractivity contribution >= 4 is 21.4 Å². The summed E-state index contributed by atoms with van der Waals surface area (Å²) >= 11 is 1.84. The maximum Gasteiger partial charge on any atom is 0.213 e. The lowest BCUT2D eigenvalue weighted by Crippen LogP contribution is -2.69. The molecule has 236 valence electrons. The van der Waals surface area contributed by atoms with Gasteiger partial charge in [0.25, 0.3) is 0 Å². The maximum absolute atomic E-state index is 2.69. The fourth-order valence-electron chi connectivity index (χ4n) is 9.24. The molecule has 0 radical (unpaired) electrons. The van der Waals surface area contributed by atoms with Crippen molar-refractivity contribution in [3.63, 3.8) is 0 Å². The van der Waals surface area contributed by atoms with Crippen molar-refractivity contribution in [2.45, 2.75) is 89.6 Å². The molecule has 3 aromatic heterocycles. The zero-order valence-electron chi connectivity index (χ0n) is 28.3. The molecule has 0 aliphatic carbocycles. The Balaban J connectivity index is 1.20. The third-order valence-corrected chi connectivity index (χ3v) is 12.9. The first kappa shape index (κ1) is 30.3. The predicted molar refractivity (Wildman–Crippen MR) is 197 cm³/mol. The zero-order chi connectivity index (χ0) is 32.2. The summed E-state index contributed by atoms with van der Waals surface area (Å²) in [5, 5.41) is 3.68.